The minimum absolute atomic E-state index is 0.00262. The topological polar surface area (TPSA) is 65.8 Å². The summed E-state index contributed by atoms with van der Waals surface area (Å²) in [6, 6.07) is 17.8. The Morgan fingerprint density at radius 1 is 1.09 bits per heavy atom. The third kappa shape index (κ3) is 4.79. The van der Waals surface area contributed by atoms with E-state index in [1.165, 1.54) is 0 Å². The summed E-state index contributed by atoms with van der Waals surface area (Å²) in [5.74, 6) is 0.975. The number of likely N-dealkylation sites (tertiary alicyclic amines) is 1. The highest BCUT2D eigenvalue weighted by Crippen LogP contribution is 2.29. The fraction of sp³-hybridized carbons (Fsp3) is 0.385. The van der Waals surface area contributed by atoms with Gasteiger partial charge in [-0.25, -0.2) is 0 Å². The second-order valence-corrected chi connectivity index (χ2v) is 8.57. The quantitative estimate of drug-likeness (QED) is 0.575. The summed E-state index contributed by atoms with van der Waals surface area (Å²) in [6.07, 6.45) is 3.62. The first-order valence-electron chi connectivity index (χ1n) is 11.5. The lowest BCUT2D eigenvalue weighted by molar-refractivity contribution is -0.0969. The number of ether oxygens (including phenoxy) is 3. The molecular weight excluding hydrogens is 418 g/mol. The van der Waals surface area contributed by atoms with Crippen LogP contribution in [-0.4, -0.2) is 60.3 Å². The Hall–Kier alpha value is -3.16. The molecule has 1 atom stereocenters. The molecule has 1 unspecified atom stereocenters. The van der Waals surface area contributed by atoms with Gasteiger partial charge in [-0.2, -0.15) is 5.10 Å². The van der Waals surface area contributed by atoms with Gasteiger partial charge in [-0.1, -0.05) is 30.3 Å². The highest BCUT2D eigenvalue weighted by molar-refractivity contribution is 6.00. The van der Waals surface area contributed by atoms with Crippen molar-refractivity contribution in [3.8, 4) is 17.0 Å². The third-order valence-corrected chi connectivity index (χ3v) is 6.32. The zero-order valence-electron chi connectivity index (χ0n) is 18.9. The lowest BCUT2D eigenvalue weighted by Crippen LogP contribution is -2.43. The number of hydrogen-bond acceptors (Lipinski definition) is 5. The molecule has 0 aliphatic carbocycles. The normalized spacial score (nSPS) is 19.1. The number of aromatic nitrogens is 2. The van der Waals surface area contributed by atoms with E-state index in [-0.39, 0.29) is 18.1 Å². The molecule has 5 rings (SSSR count). The highest BCUT2D eigenvalue weighted by atomic mass is 16.7. The number of benzene rings is 2. The van der Waals surface area contributed by atoms with Crippen LogP contribution in [0, 0.1) is 5.92 Å². The van der Waals surface area contributed by atoms with E-state index in [0.717, 1.165) is 36.3 Å². The lowest BCUT2D eigenvalue weighted by Gasteiger charge is -2.34. The summed E-state index contributed by atoms with van der Waals surface area (Å²) in [5, 5.41) is 4.82. The van der Waals surface area contributed by atoms with E-state index in [1.807, 2.05) is 58.2 Å². The standard InChI is InChI=1S/C26H29N3O4/c1-31-22-11-9-20(10-12-22)24-23(18-29(27-24)16-19-6-3-2-4-7-19)25(30)28-13-5-8-21(17-28)26-32-14-15-33-26/h2-4,6-7,9-12,18,21,26H,5,8,13-17H2,1H3. The van der Waals surface area contributed by atoms with Gasteiger partial charge in [0.1, 0.15) is 11.4 Å². The average molecular weight is 448 g/mol. The van der Waals surface area contributed by atoms with Crippen molar-refractivity contribution in [1.29, 1.82) is 0 Å². The number of amides is 1. The molecule has 2 aromatic carbocycles. The minimum Gasteiger partial charge on any atom is -0.497 e. The van der Waals surface area contributed by atoms with Gasteiger partial charge < -0.3 is 19.1 Å². The molecule has 3 heterocycles. The summed E-state index contributed by atoms with van der Waals surface area (Å²) in [5.41, 5.74) is 3.33. The Labute approximate surface area is 193 Å². The summed E-state index contributed by atoms with van der Waals surface area (Å²) in [4.78, 5) is 15.6. The van der Waals surface area contributed by atoms with E-state index in [1.54, 1.807) is 7.11 Å². The monoisotopic (exact) mass is 447 g/mol. The van der Waals surface area contributed by atoms with Gasteiger partial charge in [-0.05, 0) is 42.7 Å². The Kier molecular flexibility index (Phi) is 6.41. The van der Waals surface area contributed by atoms with Crippen molar-refractivity contribution in [1.82, 2.24) is 14.7 Å². The summed E-state index contributed by atoms with van der Waals surface area (Å²) < 4.78 is 18.6. The number of piperidine rings is 1. The van der Waals surface area contributed by atoms with Gasteiger partial charge in [0.15, 0.2) is 6.29 Å². The van der Waals surface area contributed by atoms with Crippen LogP contribution in [-0.2, 0) is 16.0 Å². The van der Waals surface area contributed by atoms with Crippen molar-refractivity contribution in [2.24, 2.45) is 5.92 Å². The van der Waals surface area contributed by atoms with Crippen LogP contribution in [0.25, 0.3) is 11.3 Å². The van der Waals surface area contributed by atoms with Gasteiger partial charge in [0.2, 0.25) is 0 Å². The lowest BCUT2D eigenvalue weighted by atomic mass is 9.96. The first-order chi connectivity index (χ1) is 16.2. The summed E-state index contributed by atoms with van der Waals surface area (Å²) >= 11 is 0. The SMILES string of the molecule is COc1ccc(-c2nn(Cc3ccccc3)cc2C(=O)N2CCCC(C3OCCO3)C2)cc1. The molecule has 172 valence electrons. The van der Waals surface area contributed by atoms with Crippen molar-refractivity contribution in [3.05, 3.63) is 71.9 Å². The number of carbonyl (C=O) groups excluding carboxylic acids is 1. The van der Waals surface area contributed by atoms with Crippen molar-refractivity contribution in [3.63, 3.8) is 0 Å². The second kappa shape index (κ2) is 9.77. The van der Waals surface area contributed by atoms with E-state index in [9.17, 15) is 4.79 Å². The molecule has 0 N–H and O–H groups in total. The highest BCUT2D eigenvalue weighted by Gasteiger charge is 2.34. The van der Waals surface area contributed by atoms with Crippen molar-refractivity contribution < 1.29 is 19.0 Å². The van der Waals surface area contributed by atoms with Gasteiger partial charge in [0, 0.05) is 30.8 Å². The fourth-order valence-electron chi connectivity index (χ4n) is 4.63. The maximum Gasteiger partial charge on any atom is 0.257 e. The first kappa shape index (κ1) is 21.7. The minimum atomic E-state index is -0.206. The van der Waals surface area contributed by atoms with Crippen LogP contribution in [0.1, 0.15) is 28.8 Å². The number of rotatable bonds is 6. The maximum atomic E-state index is 13.7. The molecule has 0 saturated carbocycles. The Bertz CT molecular complexity index is 1070. The Morgan fingerprint density at radius 2 is 1.85 bits per heavy atom. The molecule has 2 saturated heterocycles. The second-order valence-electron chi connectivity index (χ2n) is 8.57. The largest absolute Gasteiger partial charge is 0.497 e. The maximum absolute atomic E-state index is 13.7. The average Bonchev–Trinajstić information content (AvgIpc) is 3.55. The van der Waals surface area contributed by atoms with E-state index >= 15 is 0 Å². The van der Waals surface area contributed by atoms with Gasteiger partial charge in [-0.3, -0.25) is 9.48 Å². The molecule has 1 aromatic heterocycles. The molecule has 0 radical (unpaired) electrons. The molecule has 7 nitrogen and oxygen atoms in total. The molecular formula is C26H29N3O4. The van der Waals surface area contributed by atoms with Crippen LogP contribution in [0.15, 0.2) is 60.8 Å². The van der Waals surface area contributed by atoms with Crippen molar-refractivity contribution in [2.45, 2.75) is 25.7 Å². The molecule has 0 spiro atoms. The summed E-state index contributed by atoms with van der Waals surface area (Å²) in [6.45, 7) is 3.22. The van der Waals surface area contributed by atoms with Crippen LogP contribution in [0.3, 0.4) is 0 Å². The smallest absolute Gasteiger partial charge is 0.257 e. The van der Waals surface area contributed by atoms with Crippen LogP contribution in [0.5, 0.6) is 5.75 Å². The predicted molar refractivity (Wildman–Crippen MR) is 124 cm³/mol. The van der Waals surface area contributed by atoms with E-state index in [0.29, 0.717) is 37.6 Å². The number of nitrogens with zero attached hydrogens (tertiary/aromatic N) is 3. The van der Waals surface area contributed by atoms with Gasteiger partial charge >= 0.3 is 0 Å². The molecule has 2 aliphatic heterocycles. The van der Waals surface area contributed by atoms with E-state index < -0.39 is 0 Å². The van der Waals surface area contributed by atoms with E-state index in [2.05, 4.69) is 12.1 Å². The number of carbonyl (C=O) groups is 1. The summed E-state index contributed by atoms with van der Waals surface area (Å²) in [7, 11) is 1.64. The number of methoxy groups -OCH3 is 1. The van der Waals surface area contributed by atoms with Crippen molar-refractivity contribution >= 4 is 5.91 Å². The molecule has 1 amide bonds. The van der Waals surface area contributed by atoms with E-state index in [4.69, 9.17) is 19.3 Å². The third-order valence-electron chi connectivity index (χ3n) is 6.32. The molecule has 0 bridgehead atoms. The molecule has 3 aromatic rings. The zero-order chi connectivity index (χ0) is 22.6. The molecule has 2 fully saturated rings. The predicted octanol–water partition coefficient (Wildman–Crippen LogP) is 3.83. The van der Waals surface area contributed by atoms with Crippen LogP contribution in [0.2, 0.25) is 0 Å². The van der Waals surface area contributed by atoms with Gasteiger partial charge in [0.05, 0.1) is 32.4 Å². The molecule has 7 heteroatoms. The molecule has 33 heavy (non-hydrogen) atoms. The van der Waals surface area contributed by atoms with Crippen LogP contribution in [0.4, 0.5) is 0 Å². The van der Waals surface area contributed by atoms with Gasteiger partial charge in [-0.15, -0.1) is 0 Å². The van der Waals surface area contributed by atoms with Gasteiger partial charge in [0.25, 0.3) is 5.91 Å². The van der Waals surface area contributed by atoms with Crippen molar-refractivity contribution in [2.75, 3.05) is 33.4 Å². The molecule has 2 aliphatic rings. The van der Waals surface area contributed by atoms with Crippen LogP contribution >= 0.6 is 0 Å². The fourth-order valence-corrected chi connectivity index (χ4v) is 4.63. The Morgan fingerprint density at radius 3 is 2.58 bits per heavy atom. The Balaban J connectivity index is 1.44. The van der Waals surface area contributed by atoms with Crippen LogP contribution < -0.4 is 4.74 Å². The first-order valence-corrected chi connectivity index (χ1v) is 11.5. The zero-order valence-corrected chi connectivity index (χ0v) is 18.9. The number of hydrogen-bond donors (Lipinski definition) is 0.